The van der Waals surface area contributed by atoms with Crippen molar-refractivity contribution in [3.8, 4) is 0 Å². The molecular formula is C12H21NO2. The van der Waals surface area contributed by atoms with Gasteiger partial charge in [0.05, 0.1) is 5.92 Å². The highest BCUT2D eigenvalue weighted by Gasteiger charge is 2.59. The van der Waals surface area contributed by atoms with E-state index in [-0.39, 0.29) is 23.5 Å². The van der Waals surface area contributed by atoms with Gasteiger partial charge in [-0.05, 0) is 45.4 Å². The fourth-order valence-corrected chi connectivity index (χ4v) is 2.84. The molecule has 0 aromatic carbocycles. The second-order valence-electron chi connectivity index (χ2n) is 5.90. The zero-order chi connectivity index (χ0) is 11.2. The van der Waals surface area contributed by atoms with Crippen molar-refractivity contribution in [3.05, 3.63) is 0 Å². The van der Waals surface area contributed by atoms with Crippen molar-refractivity contribution < 1.29 is 9.53 Å². The maximum atomic E-state index is 11.9. The van der Waals surface area contributed by atoms with Crippen molar-refractivity contribution in [2.75, 3.05) is 0 Å². The molecule has 2 fully saturated rings. The van der Waals surface area contributed by atoms with Gasteiger partial charge in [0.25, 0.3) is 0 Å². The second-order valence-corrected chi connectivity index (χ2v) is 5.90. The van der Waals surface area contributed by atoms with Crippen LogP contribution in [-0.2, 0) is 9.53 Å². The first-order valence-corrected chi connectivity index (χ1v) is 5.88. The van der Waals surface area contributed by atoms with Gasteiger partial charge in [0.15, 0.2) is 0 Å². The minimum Gasteiger partial charge on any atom is -0.460 e. The molecule has 2 rings (SSSR count). The van der Waals surface area contributed by atoms with Crippen LogP contribution < -0.4 is 5.73 Å². The van der Waals surface area contributed by atoms with Crippen LogP contribution in [0.3, 0.4) is 0 Å². The molecule has 2 saturated carbocycles. The lowest BCUT2D eigenvalue weighted by molar-refractivity contribution is -0.157. The van der Waals surface area contributed by atoms with E-state index in [0.717, 1.165) is 12.8 Å². The smallest absolute Gasteiger partial charge is 0.310 e. The first-order chi connectivity index (χ1) is 6.90. The van der Waals surface area contributed by atoms with Crippen molar-refractivity contribution in [3.63, 3.8) is 0 Å². The third-order valence-electron chi connectivity index (χ3n) is 3.48. The number of carbonyl (C=O) groups excluding carboxylic acids is 1. The molecule has 15 heavy (non-hydrogen) atoms. The Morgan fingerprint density at radius 3 is 2.53 bits per heavy atom. The summed E-state index contributed by atoms with van der Waals surface area (Å²) in [6, 6.07) is 0.223. The number of rotatable bonds is 1. The van der Waals surface area contributed by atoms with Crippen LogP contribution in [-0.4, -0.2) is 17.6 Å². The Morgan fingerprint density at radius 1 is 1.33 bits per heavy atom. The molecule has 3 nitrogen and oxygen atoms in total. The molecule has 0 aromatic rings. The number of esters is 1. The van der Waals surface area contributed by atoms with E-state index in [1.165, 1.54) is 6.42 Å². The molecule has 0 saturated heterocycles. The number of nitrogens with two attached hydrogens (primary N) is 1. The molecule has 0 bridgehead atoms. The van der Waals surface area contributed by atoms with Gasteiger partial charge in [-0.1, -0.05) is 6.42 Å². The molecule has 3 heteroatoms. The Bertz CT molecular complexity index is 269. The normalized spacial score (nSPS) is 39.5. The van der Waals surface area contributed by atoms with E-state index < -0.39 is 0 Å². The third-order valence-corrected chi connectivity index (χ3v) is 3.48. The average Bonchev–Trinajstić information content (AvgIpc) is 2.76. The number of fused-ring (bicyclic) bond motifs is 1. The predicted molar refractivity (Wildman–Crippen MR) is 58.1 cm³/mol. The van der Waals surface area contributed by atoms with Crippen molar-refractivity contribution in [1.29, 1.82) is 0 Å². The van der Waals surface area contributed by atoms with Gasteiger partial charge in [-0.2, -0.15) is 0 Å². The second kappa shape index (κ2) is 3.48. The van der Waals surface area contributed by atoms with Gasteiger partial charge in [-0.25, -0.2) is 0 Å². The van der Waals surface area contributed by atoms with Crippen LogP contribution in [0.1, 0.15) is 40.0 Å². The average molecular weight is 211 g/mol. The molecule has 0 heterocycles. The van der Waals surface area contributed by atoms with E-state index in [2.05, 4.69) is 0 Å². The molecule has 2 aliphatic rings. The van der Waals surface area contributed by atoms with Gasteiger partial charge in [0, 0.05) is 6.04 Å². The standard InChI is InChI=1S/C12H21NO2/c1-12(2,3)15-11(14)10-7-5-4-6-8(13)9(7)10/h7-10H,4-6,13H2,1-3H3. The van der Waals surface area contributed by atoms with Crippen LogP contribution >= 0.6 is 0 Å². The van der Waals surface area contributed by atoms with E-state index >= 15 is 0 Å². The summed E-state index contributed by atoms with van der Waals surface area (Å²) in [7, 11) is 0. The van der Waals surface area contributed by atoms with Gasteiger partial charge in [0.1, 0.15) is 5.60 Å². The molecule has 2 N–H and O–H groups in total. The highest BCUT2D eigenvalue weighted by Crippen LogP contribution is 2.55. The Hall–Kier alpha value is -0.570. The molecule has 4 atom stereocenters. The summed E-state index contributed by atoms with van der Waals surface area (Å²) in [4.78, 5) is 11.9. The zero-order valence-corrected chi connectivity index (χ0v) is 9.82. The number of carbonyl (C=O) groups is 1. The lowest BCUT2D eigenvalue weighted by Gasteiger charge is -2.19. The summed E-state index contributed by atoms with van der Waals surface area (Å²) in [5.41, 5.74) is 5.64. The number of hydrogen-bond donors (Lipinski definition) is 1. The summed E-state index contributed by atoms with van der Waals surface area (Å²) in [5.74, 6) is 0.994. The van der Waals surface area contributed by atoms with Gasteiger partial charge in [0.2, 0.25) is 0 Å². The Kier molecular flexibility index (Phi) is 2.53. The van der Waals surface area contributed by atoms with Crippen molar-refractivity contribution in [2.24, 2.45) is 23.5 Å². The maximum Gasteiger partial charge on any atom is 0.310 e. The third kappa shape index (κ3) is 2.17. The molecule has 4 unspecified atom stereocenters. The summed E-state index contributed by atoms with van der Waals surface area (Å²) in [6.07, 6.45) is 3.39. The summed E-state index contributed by atoms with van der Waals surface area (Å²) >= 11 is 0. The number of ether oxygens (including phenoxy) is 1. The van der Waals surface area contributed by atoms with Gasteiger partial charge in [-0.3, -0.25) is 4.79 Å². The zero-order valence-electron chi connectivity index (χ0n) is 9.82. The minimum absolute atomic E-state index is 0.0325. The van der Waals surface area contributed by atoms with Gasteiger partial charge >= 0.3 is 5.97 Å². The summed E-state index contributed by atoms with van der Waals surface area (Å²) < 4.78 is 5.41. The number of hydrogen-bond acceptors (Lipinski definition) is 3. The Morgan fingerprint density at radius 2 is 2.00 bits per heavy atom. The quantitative estimate of drug-likeness (QED) is 0.672. The van der Waals surface area contributed by atoms with E-state index in [1.54, 1.807) is 0 Å². The monoisotopic (exact) mass is 211 g/mol. The molecule has 2 aliphatic carbocycles. The van der Waals surface area contributed by atoms with Crippen LogP contribution in [0, 0.1) is 17.8 Å². The van der Waals surface area contributed by atoms with Crippen molar-refractivity contribution in [1.82, 2.24) is 0 Å². The maximum absolute atomic E-state index is 11.9. The lowest BCUT2D eigenvalue weighted by atomic mass is 9.96. The van der Waals surface area contributed by atoms with E-state index in [0.29, 0.717) is 11.8 Å². The Labute approximate surface area is 91.4 Å². The van der Waals surface area contributed by atoms with Crippen LogP contribution in [0.5, 0.6) is 0 Å². The largest absolute Gasteiger partial charge is 0.460 e. The highest BCUT2D eigenvalue weighted by atomic mass is 16.6. The van der Waals surface area contributed by atoms with Crippen LogP contribution in [0.25, 0.3) is 0 Å². The van der Waals surface area contributed by atoms with Crippen molar-refractivity contribution in [2.45, 2.75) is 51.7 Å². The molecule has 0 amide bonds. The molecule has 0 radical (unpaired) electrons. The molecular weight excluding hydrogens is 190 g/mol. The van der Waals surface area contributed by atoms with E-state index in [9.17, 15) is 4.79 Å². The first-order valence-electron chi connectivity index (χ1n) is 5.88. The topological polar surface area (TPSA) is 52.3 Å². The van der Waals surface area contributed by atoms with Crippen LogP contribution in [0.4, 0.5) is 0 Å². The summed E-state index contributed by atoms with van der Waals surface area (Å²) in [6.45, 7) is 5.74. The van der Waals surface area contributed by atoms with Crippen LogP contribution in [0.2, 0.25) is 0 Å². The van der Waals surface area contributed by atoms with Gasteiger partial charge < -0.3 is 10.5 Å². The fourth-order valence-electron chi connectivity index (χ4n) is 2.84. The van der Waals surface area contributed by atoms with E-state index in [4.69, 9.17) is 10.5 Å². The van der Waals surface area contributed by atoms with E-state index in [1.807, 2.05) is 20.8 Å². The molecule has 86 valence electrons. The van der Waals surface area contributed by atoms with Gasteiger partial charge in [-0.15, -0.1) is 0 Å². The minimum atomic E-state index is -0.368. The molecule has 0 aromatic heterocycles. The lowest BCUT2D eigenvalue weighted by Crippen LogP contribution is -2.28. The fraction of sp³-hybridized carbons (Fsp3) is 0.917. The molecule has 0 aliphatic heterocycles. The summed E-state index contributed by atoms with van der Waals surface area (Å²) in [5, 5.41) is 0. The first kappa shape index (κ1) is 10.9. The van der Waals surface area contributed by atoms with Crippen molar-refractivity contribution >= 4 is 5.97 Å². The SMILES string of the molecule is CC(C)(C)OC(=O)C1C2CCCC(N)C21. The Balaban J connectivity index is 1.94. The van der Waals surface area contributed by atoms with Crippen LogP contribution in [0.15, 0.2) is 0 Å². The predicted octanol–water partition coefficient (Wildman–Crippen LogP) is 1.70. The molecule has 0 spiro atoms. The highest BCUT2D eigenvalue weighted by molar-refractivity contribution is 5.77.